The number of carboxylic acids is 2. The van der Waals surface area contributed by atoms with Gasteiger partial charge in [0.1, 0.15) is 6.04 Å². The second-order valence-corrected chi connectivity index (χ2v) is 8.90. The standard InChI is InChI=1S/C17H27N5O3.2C2HF3O2/c1-11(2)7-13(15(19)24)22-6-5-17(16(22)25,8-14(18)23)4-3-12-9-20-10-21-12;2*3-2(4,5)1(6)7/h9-11,13H,3-8H2,1-2H3,(H2,18,23)(H2,19,24)(H,20,21);2*(H,6,7). The van der Waals surface area contributed by atoms with Crippen LogP contribution < -0.4 is 11.5 Å². The zero-order valence-electron chi connectivity index (χ0n) is 20.8. The number of aryl methyl sites for hydroxylation is 1. The lowest BCUT2D eigenvalue weighted by Crippen LogP contribution is -2.49. The van der Waals surface area contributed by atoms with Crippen molar-refractivity contribution in [2.75, 3.05) is 6.54 Å². The number of hydrogen-bond acceptors (Lipinski definition) is 6. The number of H-pyrrole nitrogens is 1. The lowest BCUT2D eigenvalue weighted by molar-refractivity contribution is -0.193. The van der Waals surface area contributed by atoms with Crippen molar-refractivity contribution in [1.29, 1.82) is 0 Å². The van der Waals surface area contributed by atoms with Gasteiger partial charge in [0.2, 0.25) is 17.7 Å². The van der Waals surface area contributed by atoms with Gasteiger partial charge in [-0.15, -0.1) is 0 Å². The molecule has 18 heteroatoms. The van der Waals surface area contributed by atoms with Gasteiger partial charge in [-0.2, -0.15) is 26.3 Å². The van der Waals surface area contributed by atoms with Crippen LogP contribution in [0.2, 0.25) is 0 Å². The molecule has 0 spiro atoms. The molecule has 12 nitrogen and oxygen atoms in total. The minimum absolute atomic E-state index is 0.0242. The number of rotatable bonds is 9. The van der Waals surface area contributed by atoms with Crippen LogP contribution in [0.15, 0.2) is 12.5 Å². The number of likely N-dealkylation sites (tertiary alicyclic amines) is 1. The first-order valence-electron chi connectivity index (χ1n) is 11.1. The van der Waals surface area contributed by atoms with Gasteiger partial charge in [-0.3, -0.25) is 14.4 Å². The maximum absolute atomic E-state index is 13.1. The Bertz CT molecular complexity index is 974. The molecule has 1 saturated heterocycles. The molecule has 0 saturated carbocycles. The number of carboxylic acid groups (broad SMARTS) is 2. The van der Waals surface area contributed by atoms with Crippen molar-refractivity contribution in [3.63, 3.8) is 0 Å². The second kappa shape index (κ2) is 14.3. The number of halogens is 6. The molecule has 3 amide bonds. The summed E-state index contributed by atoms with van der Waals surface area (Å²) in [6.45, 7) is 4.37. The summed E-state index contributed by atoms with van der Waals surface area (Å²) in [4.78, 5) is 62.9. The van der Waals surface area contributed by atoms with Crippen LogP contribution in [0.25, 0.3) is 0 Å². The van der Waals surface area contributed by atoms with E-state index in [-0.39, 0.29) is 18.2 Å². The summed E-state index contributed by atoms with van der Waals surface area (Å²) in [6.07, 6.45) is -4.87. The Kier molecular flexibility index (Phi) is 12.9. The third-order valence-corrected chi connectivity index (χ3v) is 5.37. The predicted molar refractivity (Wildman–Crippen MR) is 119 cm³/mol. The van der Waals surface area contributed by atoms with Crippen LogP contribution in [0.5, 0.6) is 0 Å². The average molecular weight is 577 g/mol. The maximum atomic E-state index is 13.1. The van der Waals surface area contributed by atoms with Gasteiger partial charge < -0.3 is 31.6 Å². The monoisotopic (exact) mass is 577 g/mol. The Balaban J connectivity index is 0.000000848. The summed E-state index contributed by atoms with van der Waals surface area (Å²) in [6, 6.07) is -0.644. The fourth-order valence-corrected chi connectivity index (χ4v) is 3.60. The number of hydrogen-bond donors (Lipinski definition) is 5. The molecule has 0 aliphatic carbocycles. The number of aromatic amines is 1. The number of nitrogens with one attached hydrogen (secondary N) is 1. The molecule has 2 rings (SSSR count). The van der Waals surface area contributed by atoms with Crippen LogP contribution in [0.1, 0.15) is 45.2 Å². The molecule has 1 aliphatic rings. The summed E-state index contributed by atoms with van der Waals surface area (Å²) >= 11 is 0. The number of primary amides is 2. The molecule has 2 unspecified atom stereocenters. The topological polar surface area (TPSA) is 210 Å². The highest BCUT2D eigenvalue weighted by atomic mass is 19.4. The molecule has 1 aromatic heterocycles. The quantitative estimate of drug-likeness (QED) is 0.272. The van der Waals surface area contributed by atoms with E-state index in [1.54, 1.807) is 12.5 Å². The van der Waals surface area contributed by atoms with Gasteiger partial charge >= 0.3 is 24.3 Å². The van der Waals surface area contributed by atoms with Crippen LogP contribution in [-0.2, 0) is 30.4 Å². The van der Waals surface area contributed by atoms with E-state index in [0.29, 0.717) is 32.2 Å². The molecule has 2 heterocycles. The van der Waals surface area contributed by atoms with E-state index >= 15 is 0 Å². The first kappa shape index (κ1) is 35.1. The molecular weight excluding hydrogens is 548 g/mol. The van der Waals surface area contributed by atoms with Gasteiger partial charge in [0.15, 0.2) is 0 Å². The van der Waals surface area contributed by atoms with Crippen molar-refractivity contribution >= 4 is 29.7 Å². The van der Waals surface area contributed by atoms with Crippen LogP contribution in [0, 0.1) is 11.3 Å². The van der Waals surface area contributed by atoms with E-state index < -0.39 is 47.6 Å². The zero-order chi connectivity index (χ0) is 30.8. The Hall–Kier alpha value is -3.86. The maximum Gasteiger partial charge on any atom is 0.490 e. The minimum Gasteiger partial charge on any atom is -0.475 e. The number of carbonyl (C=O) groups excluding carboxylic acids is 3. The van der Waals surface area contributed by atoms with Gasteiger partial charge in [-0.05, 0) is 31.6 Å². The first-order chi connectivity index (χ1) is 17.6. The summed E-state index contributed by atoms with van der Waals surface area (Å²) in [5, 5.41) is 14.2. The Morgan fingerprint density at radius 2 is 1.56 bits per heavy atom. The van der Waals surface area contributed by atoms with Crippen LogP contribution >= 0.6 is 0 Å². The number of nitrogens with zero attached hydrogens (tertiary/aromatic N) is 2. The third-order valence-electron chi connectivity index (χ3n) is 5.37. The molecule has 1 aromatic rings. The van der Waals surface area contributed by atoms with Gasteiger partial charge in [0, 0.05) is 24.9 Å². The summed E-state index contributed by atoms with van der Waals surface area (Å²) in [5.74, 6) is -6.51. The highest BCUT2D eigenvalue weighted by Crippen LogP contribution is 2.41. The number of carbonyl (C=O) groups is 5. The zero-order valence-corrected chi connectivity index (χ0v) is 20.8. The Morgan fingerprint density at radius 1 is 1.08 bits per heavy atom. The van der Waals surface area contributed by atoms with Gasteiger partial charge in [-0.25, -0.2) is 14.6 Å². The fourth-order valence-electron chi connectivity index (χ4n) is 3.60. The molecule has 7 N–H and O–H groups in total. The third kappa shape index (κ3) is 12.0. The van der Waals surface area contributed by atoms with E-state index in [1.807, 2.05) is 13.8 Å². The molecular formula is C21H29F6N5O7. The highest BCUT2D eigenvalue weighted by Gasteiger charge is 2.50. The number of nitrogens with two attached hydrogens (primary N) is 2. The average Bonchev–Trinajstić information content (AvgIpc) is 3.38. The molecule has 222 valence electrons. The van der Waals surface area contributed by atoms with Gasteiger partial charge in [0.05, 0.1) is 11.7 Å². The predicted octanol–water partition coefficient (Wildman–Crippen LogP) is 1.60. The van der Waals surface area contributed by atoms with Gasteiger partial charge in [0.25, 0.3) is 0 Å². The van der Waals surface area contributed by atoms with E-state index in [1.165, 1.54) is 4.90 Å². The fraction of sp³-hybridized carbons (Fsp3) is 0.619. The highest BCUT2D eigenvalue weighted by molar-refractivity contribution is 5.93. The molecule has 39 heavy (non-hydrogen) atoms. The molecule has 2 atom stereocenters. The number of aliphatic carboxylic acids is 2. The molecule has 1 fully saturated rings. The molecule has 0 radical (unpaired) electrons. The van der Waals surface area contributed by atoms with Crippen molar-refractivity contribution in [2.24, 2.45) is 22.8 Å². The lowest BCUT2D eigenvalue weighted by Gasteiger charge is -2.30. The number of imidazole rings is 1. The van der Waals surface area contributed by atoms with E-state index in [0.717, 1.165) is 5.69 Å². The van der Waals surface area contributed by atoms with Crippen LogP contribution in [0.4, 0.5) is 26.3 Å². The van der Waals surface area contributed by atoms with E-state index in [2.05, 4.69) is 9.97 Å². The van der Waals surface area contributed by atoms with Crippen LogP contribution in [-0.4, -0.2) is 79.7 Å². The summed E-state index contributed by atoms with van der Waals surface area (Å²) in [5.41, 5.74) is 11.0. The lowest BCUT2D eigenvalue weighted by atomic mass is 9.78. The Morgan fingerprint density at radius 3 is 1.90 bits per heavy atom. The van der Waals surface area contributed by atoms with Crippen molar-refractivity contribution in [2.45, 2.75) is 64.3 Å². The smallest absolute Gasteiger partial charge is 0.475 e. The summed E-state index contributed by atoms with van der Waals surface area (Å²) in [7, 11) is 0. The van der Waals surface area contributed by atoms with Crippen molar-refractivity contribution in [3.8, 4) is 0 Å². The number of aromatic nitrogens is 2. The van der Waals surface area contributed by atoms with Crippen molar-refractivity contribution < 1.29 is 60.5 Å². The largest absolute Gasteiger partial charge is 0.490 e. The normalized spacial score (nSPS) is 18.0. The van der Waals surface area contributed by atoms with Crippen molar-refractivity contribution in [1.82, 2.24) is 14.9 Å². The minimum atomic E-state index is -5.08. The number of alkyl halides is 6. The molecule has 0 aromatic carbocycles. The number of amides is 3. The molecule has 0 bridgehead atoms. The molecule has 1 aliphatic heterocycles. The van der Waals surface area contributed by atoms with Crippen molar-refractivity contribution in [3.05, 3.63) is 18.2 Å². The van der Waals surface area contributed by atoms with Crippen LogP contribution in [0.3, 0.4) is 0 Å². The van der Waals surface area contributed by atoms with Gasteiger partial charge in [-0.1, -0.05) is 13.8 Å². The SMILES string of the molecule is CC(C)CC(C(N)=O)N1CCC(CCc2cnc[nH]2)(CC(N)=O)C1=O.O=C(O)C(F)(F)F.O=C(O)C(F)(F)F. The van der Waals surface area contributed by atoms with E-state index in [9.17, 15) is 40.7 Å². The summed E-state index contributed by atoms with van der Waals surface area (Å²) < 4.78 is 63.5. The Labute approximate surface area is 217 Å². The second-order valence-electron chi connectivity index (χ2n) is 8.90. The van der Waals surface area contributed by atoms with E-state index in [4.69, 9.17) is 31.3 Å². The first-order valence-corrected chi connectivity index (χ1v) is 11.1.